The molecule has 0 fully saturated rings. The number of benzene rings is 2. The Labute approximate surface area is 132 Å². The van der Waals surface area contributed by atoms with Crippen molar-refractivity contribution in [2.24, 2.45) is 5.73 Å². The van der Waals surface area contributed by atoms with E-state index in [4.69, 9.17) is 17.3 Å². The van der Waals surface area contributed by atoms with E-state index in [0.29, 0.717) is 5.02 Å². The zero-order valence-electron chi connectivity index (χ0n) is 11.1. The van der Waals surface area contributed by atoms with Gasteiger partial charge in [-0.2, -0.15) is 0 Å². The first kappa shape index (κ1) is 15.5. The molecular formula is C16H16BrClFN. The summed E-state index contributed by atoms with van der Waals surface area (Å²) in [4.78, 5) is 0. The summed E-state index contributed by atoms with van der Waals surface area (Å²) in [5.74, 6) is -0.195. The highest BCUT2D eigenvalue weighted by atomic mass is 79.9. The highest BCUT2D eigenvalue weighted by Gasteiger charge is 2.18. The van der Waals surface area contributed by atoms with Crippen LogP contribution in [0.25, 0.3) is 0 Å². The van der Waals surface area contributed by atoms with Crippen molar-refractivity contribution < 1.29 is 4.39 Å². The maximum absolute atomic E-state index is 13.6. The molecule has 0 saturated heterocycles. The summed E-state index contributed by atoms with van der Waals surface area (Å²) >= 11 is 9.22. The quantitative estimate of drug-likeness (QED) is 0.827. The van der Waals surface area contributed by atoms with Gasteiger partial charge >= 0.3 is 0 Å². The van der Waals surface area contributed by atoms with Crippen LogP contribution in [-0.2, 0) is 6.42 Å². The van der Waals surface area contributed by atoms with E-state index in [9.17, 15) is 4.39 Å². The van der Waals surface area contributed by atoms with Gasteiger partial charge in [-0.25, -0.2) is 4.39 Å². The first-order valence-corrected chi connectivity index (χ1v) is 7.59. The number of nitrogens with two attached hydrogens (primary N) is 1. The third kappa shape index (κ3) is 4.05. The summed E-state index contributed by atoms with van der Waals surface area (Å²) in [6, 6.07) is 12.5. The Morgan fingerprint density at radius 1 is 1.20 bits per heavy atom. The maximum atomic E-state index is 13.6. The standard InChI is InChI=1S/C16H16BrClFN/c1-10(20)16(6-11-2-4-14(18)5-3-11)12-7-13(17)9-15(19)8-12/h2-5,7-10,16H,6,20H2,1H3. The number of rotatable bonds is 4. The summed E-state index contributed by atoms with van der Waals surface area (Å²) in [6.45, 7) is 1.94. The second kappa shape index (κ2) is 6.70. The van der Waals surface area contributed by atoms with Gasteiger partial charge in [0.25, 0.3) is 0 Å². The molecule has 106 valence electrons. The second-order valence-electron chi connectivity index (χ2n) is 5.00. The summed E-state index contributed by atoms with van der Waals surface area (Å²) in [6.07, 6.45) is 0.755. The molecule has 2 aromatic carbocycles. The van der Waals surface area contributed by atoms with Gasteiger partial charge < -0.3 is 5.73 Å². The molecule has 0 aliphatic carbocycles. The minimum Gasteiger partial charge on any atom is -0.327 e. The van der Waals surface area contributed by atoms with Crippen molar-refractivity contribution in [1.82, 2.24) is 0 Å². The van der Waals surface area contributed by atoms with Gasteiger partial charge in [0.15, 0.2) is 0 Å². The first-order chi connectivity index (χ1) is 9.45. The van der Waals surface area contributed by atoms with Gasteiger partial charge in [0, 0.05) is 21.5 Å². The zero-order chi connectivity index (χ0) is 14.7. The molecule has 2 N–H and O–H groups in total. The molecule has 2 rings (SSSR count). The molecule has 0 bridgehead atoms. The van der Waals surface area contributed by atoms with E-state index in [1.807, 2.05) is 37.3 Å². The van der Waals surface area contributed by atoms with Crippen LogP contribution in [0.5, 0.6) is 0 Å². The van der Waals surface area contributed by atoms with E-state index in [2.05, 4.69) is 15.9 Å². The van der Waals surface area contributed by atoms with Crippen molar-refractivity contribution in [3.63, 3.8) is 0 Å². The molecule has 0 radical (unpaired) electrons. The molecule has 2 atom stereocenters. The van der Waals surface area contributed by atoms with Crippen molar-refractivity contribution in [2.45, 2.75) is 25.3 Å². The van der Waals surface area contributed by atoms with Gasteiger partial charge in [-0.05, 0) is 54.8 Å². The van der Waals surface area contributed by atoms with E-state index >= 15 is 0 Å². The Bertz CT molecular complexity index is 563. The van der Waals surface area contributed by atoms with Crippen LogP contribution < -0.4 is 5.73 Å². The average Bonchev–Trinajstić information content (AvgIpc) is 2.36. The Morgan fingerprint density at radius 2 is 1.85 bits per heavy atom. The second-order valence-corrected chi connectivity index (χ2v) is 6.35. The van der Waals surface area contributed by atoms with Crippen molar-refractivity contribution in [2.75, 3.05) is 0 Å². The Hall–Kier alpha value is -0.900. The first-order valence-electron chi connectivity index (χ1n) is 6.41. The van der Waals surface area contributed by atoms with Gasteiger partial charge in [-0.15, -0.1) is 0 Å². The van der Waals surface area contributed by atoms with Crippen molar-refractivity contribution in [3.05, 3.63) is 68.9 Å². The topological polar surface area (TPSA) is 26.0 Å². The van der Waals surface area contributed by atoms with Crippen LogP contribution in [0.15, 0.2) is 46.9 Å². The highest BCUT2D eigenvalue weighted by Crippen LogP contribution is 2.27. The molecule has 1 nitrogen and oxygen atoms in total. The van der Waals surface area contributed by atoms with Crippen LogP contribution >= 0.6 is 27.5 Å². The maximum Gasteiger partial charge on any atom is 0.124 e. The fourth-order valence-corrected chi connectivity index (χ4v) is 2.88. The van der Waals surface area contributed by atoms with Gasteiger partial charge in [-0.1, -0.05) is 39.7 Å². The van der Waals surface area contributed by atoms with Gasteiger partial charge in [-0.3, -0.25) is 0 Å². The monoisotopic (exact) mass is 355 g/mol. The van der Waals surface area contributed by atoms with E-state index in [-0.39, 0.29) is 17.8 Å². The van der Waals surface area contributed by atoms with E-state index < -0.39 is 0 Å². The minimum atomic E-state index is -0.254. The molecule has 0 aliphatic heterocycles. The molecule has 4 heteroatoms. The normalized spacial score (nSPS) is 14.1. The number of halogens is 3. The molecule has 2 unspecified atom stereocenters. The summed E-state index contributed by atoms with van der Waals surface area (Å²) < 4.78 is 14.3. The van der Waals surface area contributed by atoms with E-state index in [1.165, 1.54) is 6.07 Å². The summed E-state index contributed by atoms with van der Waals surface area (Å²) in [7, 11) is 0. The van der Waals surface area contributed by atoms with E-state index in [0.717, 1.165) is 22.0 Å². The van der Waals surface area contributed by atoms with Crippen molar-refractivity contribution >= 4 is 27.5 Å². The van der Waals surface area contributed by atoms with Crippen molar-refractivity contribution in [1.29, 1.82) is 0 Å². The predicted molar refractivity (Wildman–Crippen MR) is 85.6 cm³/mol. The molecule has 2 aromatic rings. The van der Waals surface area contributed by atoms with Crippen LogP contribution in [0.3, 0.4) is 0 Å². The molecular weight excluding hydrogens is 341 g/mol. The summed E-state index contributed by atoms with van der Waals surface area (Å²) in [5.41, 5.74) is 8.12. The van der Waals surface area contributed by atoms with Crippen LogP contribution in [0, 0.1) is 5.82 Å². The fourth-order valence-electron chi connectivity index (χ4n) is 2.27. The Balaban J connectivity index is 2.29. The predicted octanol–water partition coefficient (Wildman–Crippen LogP) is 4.92. The average molecular weight is 357 g/mol. The van der Waals surface area contributed by atoms with Crippen LogP contribution in [0.4, 0.5) is 4.39 Å². The zero-order valence-corrected chi connectivity index (χ0v) is 13.5. The van der Waals surface area contributed by atoms with Crippen molar-refractivity contribution in [3.8, 4) is 0 Å². The molecule has 0 heterocycles. The molecule has 0 spiro atoms. The third-order valence-electron chi connectivity index (χ3n) is 3.32. The Morgan fingerprint density at radius 3 is 2.40 bits per heavy atom. The molecule has 20 heavy (non-hydrogen) atoms. The molecule has 0 aromatic heterocycles. The fraction of sp³-hybridized carbons (Fsp3) is 0.250. The lowest BCUT2D eigenvalue weighted by molar-refractivity contribution is 0.556. The lowest BCUT2D eigenvalue weighted by Crippen LogP contribution is -2.26. The summed E-state index contributed by atoms with van der Waals surface area (Å²) in [5, 5.41) is 0.708. The van der Waals surface area contributed by atoms with Gasteiger partial charge in [0.2, 0.25) is 0 Å². The Kier molecular flexibility index (Phi) is 5.19. The van der Waals surface area contributed by atoms with Crippen LogP contribution in [0.1, 0.15) is 24.0 Å². The molecule has 0 amide bonds. The van der Waals surface area contributed by atoms with E-state index in [1.54, 1.807) is 6.07 Å². The lowest BCUT2D eigenvalue weighted by Gasteiger charge is -2.22. The third-order valence-corrected chi connectivity index (χ3v) is 4.03. The number of hydrogen-bond donors (Lipinski definition) is 1. The van der Waals surface area contributed by atoms with Gasteiger partial charge in [0.05, 0.1) is 0 Å². The largest absolute Gasteiger partial charge is 0.327 e. The smallest absolute Gasteiger partial charge is 0.124 e. The van der Waals surface area contributed by atoms with Gasteiger partial charge in [0.1, 0.15) is 5.82 Å². The van der Waals surface area contributed by atoms with Crippen LogP contribution in [0.2, 0.25) is 5.02 Å². The molecule has 0 aliphatic rings. The minimum absolute atomic E-state index is 0.0585. The lowest BCUT2D eigenvalue weighted by atomic mass is 9.87. The molecule has 0 saturated carbocycles. The number of hydrogen-bond acceptors (Lipinski definition) is 1. The highest BCUT2D eigenvalue weighted by molar-refractivity contribution is 9.10. The SMILES string of the molecule is CC(N)C(Cc1ccc(Cl)cc1)c1cc(F)cc(Br)c1. The van der Waals surface area contributed by atoms with Crippen LogP contribution in [-0.4, -0.2) is 6.04 Å².